The van der Waals surface area contributed by atoms with Gasteiger partial charge in [-0.1, -0.05) is 38.1 Å². The molecule has 1 fully saturated rings. The Morgan fingerprint density at radius 3 is 2.77 bits per heavy atom. The zero-order chi connectivity index (χ0) is 18.5. The van der Waals surface area contributed by atoms with E-state index in [4.69, 9.17) is 0 Å². The van der Waals surface area contributed by atoms with Gasteiger partial charge in [0.05, 0.1) is 5.75 Å². The molecule has 4 nitrogen and oxygen atoms in total. The van der Waals surface area contributed by atoms with E-state index in [-0.39, 0.29) is 17.2 Å². The van der Waals surface area contributed by atoms with E-state index in [2.05, 4.69) is 24.4 Å². The van der Waals surface area contributed by atoms with Crippen LogP contribution in [-0.4, -0.2) is 17.6 Å². The number of nitrogens with one attached hydrogen (secondary N) is 1. The van der Waals surface area contributed by atoms with E-state index in [1.54, 1.807) is 11.8 Å². The van der Waals surface area contributed by atoms with Gasteiger partial charge < -0.3 is 5.32 Å². The summed E-state index contributed by atoms with van der Waals surface area (Å²) in [7, 11) is 0. The summed E-state index contributed by atoms with van der Waals surface area (Å²) in [6, 6.07) is 16.0. The third-order valence-electron chi connectivity index (χ3n) is 4.40. The molecule has 0 saturated carbocycles. The van der Waals surface area contributed by atoms with Gasteiger partial charge in [-0.3, -0.25) is 14.5 Å². The van der Waals surface area contributed by atoms with E-state index >= 15 is 0 Å². The van der Waals surface area contributed by atoms with Crippen molar-refractivity contribution in [2.45, 2.75) is 38.5 Å². The third-order valence-corrected chi connectivity index (χ3v) is 5.61. The molecule has 0 bridgehead atoms. The molecule has 136 valence electrons. The monoisotopic (exact) mass is 368 g/mol. The minimum Gasteiger partial charge on any atom is -0.326 e. The number of hydrogen-bond donors (Lipinski definition) is 1. The van der Waals surface area contributed by atoms with Gasteiger partial charge in [0.1, 0.15) is 5.37 Å². The smallest absolute Gasteiger partial charge is 0.238 e. The summed E-state index contributed by atoms with van der Waals surface area (Å²) in [5.74, 6) is 0.606. The van der Waals surface area contributed by atoms with Gasteiger partial charge in [0.25, 0.3) is 0 Å². The molecule has 0 spiro atoms. The van der Waals surface area contributed by atoms with Gasteiger partial charge in [-0.2, -0.15) is 0 Å². The van der Waals surface area contributed by atoms with Crippen LogP contribution in [0.1, 0.15) is 43.2 Å². The van der Waals surface area contributed by atoms with Crippen molar-refractivity contribution in [3.63, 3.8) is 0 Å². The van der Waals surface area contributed by atoms with Crippen molar-refractivity contribution in [3.8, 4) is 0 Å². The van der Waals surface area contributed by atoms with Gasteiger partial charge in [0.2, 0.25) is 11.8 Å². The van der Waals surface area contributed by atoms with Crippen LogP contribution in [0.5, 0.6) is 0 Å². The highest BCUT2D eigenvalue weighted by Gasteiger charge is 2.34. The lowest BCUT2D eigenvalue weighted by Crippen LogP contribution is -2.28. The molecule has 2 aromatic carbocycles. The summed E-state index contributed by atoms with van der Waals surface area (Å²) in [6.07, 6.45) is 2.27. The highest BCUT2D eigenvalue weighted by Crippen LogP contribution is 2.42. The number of anilines is 2. The first-order valence-electron chi connectivity index (χ1n) is 9.04. The van der Waals surface area contributed by atoms with Crippen LogP contribution >= 0.6 is 11.8 Å². The highest BCUT2D eigenvalue weighted by molar-refractivity contribution is 8.00. The molecule has 0 radical (unpaired) electrons. The molecule has 3 rings (SSSR count). The number of amides is 2. The predicted molar refractivity (Wildman–Crippen MR) is 108 cm³/mol. The number of nitrogens with zero attached hydrogens (tertiary/aromatic N) is 1. The van der Waals surface area contributed by atoms with Gasteiger partial charge in [-0.15, -0.1) is 11.8 Å². The van der Waals surface area contributed by atoms with Crippen LogP contribution in [0, 0.1) is 0 Å². The number of hydrogen-bond acceptors (Lipinski definition) is 3. The predicted octanol–water partition coefficient (Wildman–Crippen LogP) is 4.77. The fraction of sp³-hybridized carbons (Fsp3) is 0.333. The van der Waals surface area contributed by atoms with Gasteiger partial charge in [-0.25, -0.2) is 0 Å². The van der Waals surface area contributed by atoms with Crippen molar-refractivity contribution in [1.82, 2.24) is 0 Å². The minimum absolute atomic E-state index is 0.0207. The average Bonchev–Trinajstić information content (AvgIpc) is 3.03. The van der Waals surface area contributed by atoms with E-state index in [1.165, 1.54) is 5.56 Å². The standard InChI is InChI=1S/C21H24N2O2S/c1-3-7-19(24)22-17-10-6-9-16(13-17)21-23(20(25)14-26-21)18-11-5-8-15(4-2)12-18/h5-6,8-13,21H,3-4,7,14H2,1-2H3,(H,22,24). The van der Waals surface area contributed by atoms with Gasteiger partial charge in [0.15, 0.2) is 0 Å². The Labute approximate surface area is 159 Å². The number of thioether (sulfide) groups is 1. The van der Waals surface area contributed by atoms with E-state index in [1.807, 2.05) is 48.2 Å². The maximum atomic E-state index is 12.5. The molecule has 1 heterocycles. The lowest BCUT2D eigenvalue weighted by molar-refractivity contribution is -0.116. The Hall–Kier alpha value is -2.27. The Balaban J connectivity index is 1.87. The van der Waals surface area contributed by atoms with Gasteiger partial charge >= 0.3 is 0 Å². The minimum atomic E-state index is -0.0716. The Morgan fingerprint density at radius 2 is 2.00 bits per heavy atom. The molecule has 1 aliphatic heterocycles. The highest BCUT2D eigenvalue weighted by atomic mass is 32.2. The molecule has 2 aromatic rings. The topological polar surface area (TPSA) is 49.4 Å². The summed E-state index contributed by atoms with van der Waals surface area (Å²) in [4.78, 5) is 26.3. The van der Waals surface area contributed by atoms with Crippen molar-refractivity contribution >= 4 is 35.0 Å². The van der Waals surface area contributed by atoms with E-state index in [9.17, 15) is 9.59 Å². The zero-order valence-corrected chi connectivity index (χ0v) is 16.0. The lowest BCUT2D eigenvalue weighted by atomic mass is 10.1. The van der Waals surface area contributed by atoms with Crippen molar-refractivity contribution < 1.29 is 9.59 Å². The van der Waals surface area contributed by atoms with Gasteiger partial charge in [-0.05, 0) is 48.2 Å². The van der Waals surface area contributed by atoms with E-state index in [0.717, 1.165) is 29.8 Å². The Kier molecular flexibility index (Phi) is 5.99. The van der Waals surface area contributed by atoms with E-state index in [0.29, 0.717) is 12.2 Å². The molecule has 1 aliphatic rings. The van der Waals surface area contributed by atoms with Crippen LogP contribution in [0.3, 0.4) is 0 Å². The molecular weight excluding hydrogens is 344 g/mol. The number of rotatable bonds is 6. The fourth-order valence-electron chi connectivity index (χ4n) is 3.10. The quantitative estimate of drug-likeness (QED) is 0.799. The zero-order valence-electron chi connectivity index (χ0n) is 15.2. The second-order valence-electron chi connectivity index (χ2n) is 6.37. The molecule has 1 saturated heterocycles. The first kappa shape index (κ1) is 18.5. The Bertz CT molecular complexity index is 806. The summed E-state index contributed by atoms with van der Waals surface area (Å²) in [5, 5.41) is 2.87. The maximum Gasteiger partial charge on any atom is 0.238 e. The number of aryl methyl sites for hydroxylation is 1. The van der Waals surface area contributed by atoms with Crippen LogP contribution in [0.4, 0.5) is 11.4 Å². The summed E-state index contributed by atoms with van der Waals surface area (Å²) in [5.41, 5.74) is 3.96. The van der Waals surface area contributed by atoms with Gasteiger partial charge in [0, 0.05) is 17.8 Å². The molecule has 1 unspecified atom stereocenters. The third kappa shape index (κ3) is 4.10. The van der Waals surface area contributed by atoms with Crippen LogP contribution < -0.4 is 10.2 Å². The van der Waals surface area contributed by atoms with Crippen molar-refractivity contribution in [3.05, 3.63) is 59.7 Å². The molecule has 0 aliphatic carbocycles. The second kappa shape index (κ2) is 8.41. The first-order valence-corrected chi connectivity index (χ1v) is 10.1. The summed E-state index contributed by atoms with van der Waals surface area (Å²) < 4.78 is 0. The molecule has 1 N–H and O–H groups in total. The molecular formula is C21H24N2O2S. The van der Waals surface area contributed by atoms with Crippen LogP contribution in [0.2, 0.25) is 0 Å². The van der Waals surface area contributed by atoms with Crippen molar-refractivity contribution in [1.29, 1.82) is 0 Å². The van der Waals surface area contributed by atoms with Crippen molar-refractivity contribution in [2.75, 3.05) is 16.0 Å². The number of carbonyl (C=O) groups is 2. The summed E-state index contributed by atoms with van der Waals surface area (Å²) >= 11 is 1.62. The Morgan fingerprint density at radius 1 is 1.19 bits per heavy atom. The average molecular weight is 369 g/mol. The number of carbonyl (C=O) groups excluding carboxylic acids is 2. The first-order chi connectivity index (χ1) is 12.6. The second-order valence-corrected chi connectivity index (χ2v) is 7.44. The normalized spacial score (nSPS) is 16.8. The molecule has 26 heavy (non-hydrogen) atoms. The van der Waals surface area contributed by atoms with Crippen molar-refractivity contribution in [2.24, 2.45) is 0 Å². The fourth-order valence-corrected chi connectivity index (χ4v) is 4.26. The molecule has 1 atom stereocenters. The van der Waals surface area contributed by atoms with E-state index < -0.39 is 0 Å². The summed E-state index contributed by atoms with van der Waals surface area (Å²) in [6.45, 7) is 4.10. The molecule has 0 aromatic heterocycles. The maximum absolute atomic E-state index is 12.5. The van der Waals surface area contributed by atoms with Crippen LogP contribution in [0.25, 0.3) is 0 Å². The van der Waals surface area contributed by atoms with Crippen LogP contribution in [0.15, 0.2) is 48.5 Å². The number of benzene rings is 2. The lowest BCUT2D eigenvalue weighted by Gasteiger charge is -2.25. The molecule has 2 amide bonds. The SMILES string of the molecule is CCCC(=O)Nc1cccc(C2SCC(=O)N2c2cccc(CC)c2)c1. The largest absolute Gasteiger partial charge is 0.326 e. The molecule has 5 heteroatoms. The van der Waals surface area contributed by atoms with Crippen LogP contribution in [-0.2, 0) is 16.0 Å².